The first-order chi connectivity index (χ1) is 19.2. The number of fused-ring (bicyclic) bond motifs is 1. The van der Waals surface area contributed by atoms with Gasteiger partial charge in [-0.3, -0.25) is 9.69 Å². The summed E-state index contributed by atoms with van der Waals surface area (Å²) in [6.45, 7) is 3.40. The maximum atomic E-state index is 14.5. The fourth-order valence-electron chi connectivity index (χ4n) is 5.48. The predicted octanol–water partition coefficient (Wildman–Crippen LogP) is 3.10. The van der Waals surface area contributed by atoms with Crippen LogP contribution in [0.3, 0.4) is 0 Å². The van der Waals surface area contributed by atoms with E-state index in [4.69, 9.17) is 15.5 Å². The molecule has 0 radical (unpaired) electrons. The Bertz CT molecular complexity index is 1620. The lowest BCUT2D eigenvalue weighted by molar-refractivity contribution is -0.166. The minimum atomic E-state index is -1.34. The van der Waals surface area contributed by atoms with Gasteiger partial charge < -0.3 is 10.5 Å². The number of rotatable bonds is 5. The number of hydrogen-bond acceptors (Lipinski definition) is 7. The van der Waals surface area contributed by atoms with Crippen LogP contribution in [0.4, 0.5) is 21.9 Å². The number of amides is 4. The van der Waals surface area contributed by atoms with Crippen molar-refractivity contribution >= 4 is 46.6 Å². The standard InChI is InChI=1S/C29H27N6O5/c1-4-40-28(38)19-12-8-13-20(16-19)32-21-14-9-15-22-23(21)24(18-10-6-5-7-11-18)31-25-27(37)35(22,3)34(26(36)17(2)30)33(25)29(32)39/h5-17,25H,4,30H2,1-3H3/q+1/t17-,25?,35+/m0/s1. The number of nitrogens with zero attached hydrogens (tertiary/aromatic N) is 5. The second-order valence-corrected chi connectivity index (χ2v) is 9.84. The Hall–Kier alpha value is -4.87. The van der Waals surface area contributed by atoms with Crippen LogP contribution in [-0.4, -0.2) is 65.5 Å². The van der Waals surface area contributed by atoms with Crippen molar-refractivity contribution < 1.29 is 23.9 Å². The average molecular weight is 540 g/mol. The lowest BCUT2D eigenvalue weighted by Crippen LogP contribution is -2.67. The zero-order chi connectivity index (χ0) is 28.3. The molecule has 4 aliphatic heterocycles. The van der Waals surface area contributed by atoms with Gasteiger partial charge in [-0.05, 0) is 38.1 Å². The van der Waals surface area contributed by atoms with Crippen molar-refractivity contribution in [1.82, 2.24) is 14.7 Å². The number of likely N-dealkylation sites (N-methyl/N-ethyl adjacent to an activating group) is 1. The Balaban J connectivity index is 1.69. The summed E-state index contributed by atoms with van der Waals surface area (Å²) in [6.07, 6.45) is -1.34. The van der Waals surface area contributed by atoms with Crippen molar-refractivity contribution in [3.8, 4) is 0 Å². The number of ether oxygens (including phenoxy) is 1. The van der Waals surface area contributed by atoms with Crippen LogP contribution in [0.15, 0.2) is 77.8 Å². The molecule has 1 unspecified atom stereocenters. The van der Waals surface area contributed by atoms with Crippen LogP contribution in [0.5, 0.6) is 0 Å². The fourth-order valence-corrected chi connectivity index (χ4v) is 5.48. The monoisotopic (exact) mass is 539 g/mol. The molecule has 4 aliphatic rings. The summed E-state index contributed by atoms with van der Waals surface area (Å²) in [5, 5.41) is 2.19. The number of quaternary nitrogens is 1. The molecule has 3 aromatic carbocycles. The number of aliphatic imine (C=N–C) groups is 1. The number of urea groups is 1. The molecule has 202 valence electrons. The summed E-state index contributed by atoms with van der Waals surface area (Å²) in [7, 11) is 1.58. The molecule has 6 bridgehead atoms. The Morgan fingerprint density at radius 2 is 1.77 bits per heavy atom. The molecule has 3 aromatic rings. The minimum Gasteiger partial charge on any atom is -0.462 e. The third-order valence-electron chi connectivity index (χ3n) is 7.32. The van der Waals surface area contributed by atoms with Gasteiger partial charge in [0.2, 0.25) is 0 Å². The molecule has 40 heavy (non-hydrogen) atoms. The van der Waals surface area contributed by atoms with Gasteiger partial charge in [-0.2, -0.15) is 0 Å². The van der Waals surface area contributed by atoms with Crippen molar-refractivity contribution in [2.75, 3.05) is 18.6 Å². The molecule has 0 spiro atoms. The maximum Gasteiger partial charge on any atom is 0.391 e. The van der Waals surface area contributed by atoms with Gasteiger partial charge in [0.05, 0.1) is 40.9 Å². The number of hydrazine groups is 1. The van der Waals surface area contributed by atoms with Crippen LogP contribution in [0.2, 0.25) is 0 Å². The molecule has 0 aromatic heterocycles. The Kier molecular flexibility index (Phi) is 5.79. The van der Waals surface area contributed by atoms with Gasteiger partial charge in [0.25, 0.3) is 6.17 Å². The van der Waals surface area contributed by atoms with Gasteiger partial charge in [0.15, 0.2) is 5.69 Å². The lowest BCUT2D eigenvalue weighted by atomic mass is 9.96. The first-order valence-electron chi connectivity index (χ1n) is 12.9. The second-order valence-electron chi connectivity index (χ2n) is 9.84. The summed E-state index contributed by atoms with van der Waals surface area (Å²) in [6, 6.07) is 19.4. The molecule has 1 fully saturated rings. The number of hydrogen-bond donors (Lipinski definition) is 1. The van der Waals surface area contributed by atoms with E-state index in [1.165, 1.54) is 11.8 Å². The molecule has 11 nitrogen and oxygen atoms in total. The fraction of sp³-hybridized carbons (Fsp3) is 0.207. The van der Waals surface area contributed by atoms with Gasteiger partial charge in [0.1, 0.15) is 7.05 Å². The van der Waals surface area contributed by atoms with Gasteiger partial charge in [-0.25, -0.2) is 19.4 Å². The summed E-state index contributed by atoms with van der Waals surface area (Å²) in [5.41, 5.74) is 9.30. The van der Waals surface area contributed by atoms with Crippen molar-refractivity contribution in [2.45, 2.75) is 26.1 Å². The van der Waals surface area contributed by atoms with E-state index in [-0.39, 0.29) is 12.2 Å². The molecule has 0 aliphatic carbocycles. The van der Waals surface area contributed by atoms with Crippen molar-refractivity contribution in [1.29, 1.82) is 0 Å². The van der Waals surface area contributed by atoms with Crippen LogP contribution in [0.1, 0.15) is 35.3 Å². The van der Waals surface area contributed by atoms with Gasteiger partial charge in [0, 0.05) is 11.6 Å². The summed E-state index contributed by atoms with van der Waals surface area (Å²) >= 11 is 0. The molecule has 11 heteroatoms. The van der Waals surface area contributed by atoms with Crippen LogP contribution in [0.25, 0.3) is 0 Å². The number of benzene rings is 3. The third kappa shape index (κ3) is 3.41. The SMILES string of the molecule is CCOC(=O)c1cccc(N2C(=O)N3C4N=C(c5ccccc5)c5c2cccc5[N@+](C)(C4=O)N3C(=O)[C@H](C)N)c1. The number of carbonyl (C=O) groups is 4. The third-order valence-corrected chi connectivity index (χ3v) is 7.32. The Morgan fingerprint density at radius 3 is 2.48 bits per heavy atom. The first-order valence-corrected chi connectivity index (χ1v) is 12.9. The molecule has 0 saturated carbocycles. The molecule has 3 atom stereocenters. The lowest BCUT2D eigenvalue weighted by Gasteiger charge is -2.42. The highest BCUT2D eigenvalue weighted by Gasteiger charge is 2.67. The van der Waals surface area contributed by atoms with E-state index >= 15 is 0 Å². The van der Waals surface area contributed by atoms with Gasteiger partial charge in [-0.15, -0.1) is 9.60 Å². The number of nitrogens with two attached hydrogens (primary N) is 1. The smallest absolute Gasteiger partial charge is 0.391 e. The number of esters is 1. The normalized spacial score (nSPS) is 21.6. The summed E-state index contributed by atoms with van der Waals surface area (Å²) < 4.78 is 4.55. The van der Waals surface area contributed by atoms with E-state index in [2.05, 4.69) is 0 Å². The minimum absolute atomic E-state index is 0.192. The first kappa shape index (κ1) is 25.4. The molecule has 4 heterocycles. The molecule has 7 rings (SSSR count). The van der Waals surface area contributed by atoms with E-state index in [0.29, 0.717) is 28.3 Å². The molecule has 2 N–H and O–H groups in total. The van der Waals surface area contributed by atoms with Gasteiger partial charge >= 0.3 is 23.8 Å². The van der Waals surface area contributed by atoms with Crippen LogP contribution in [0, 0.1) is 0 Å². The predicted molar refractivity (Wildman–Crippen MR) is 147 cm³/mol. The van der Waals surface area contributed by atoms with Crippen molar-refractivity contribution in [3.05, 3.63) is 89.5 Å². The maximum absolute atomic E-state index is 14.5. The van der Waals surface area contributed by atoms with Crippen molar-refractivity contribution in [2.24, 2.45) is 10.7 Å². The molecule has 1 saturated heterocycles. The zero-order valence-electron chi connectivity index (χ0n) is 22.1. The molecule has 4 amide bonds. The zero-order valence-corrected chi connectivity index (χ0v) is 22.1. The van der Waals surface area contributed by atoms with E-state index in [1.807, 2.05) is 30.3 Å². The van der Waals surface area contributed by atoms with E-state index in [1.54, 1.807) is 56.4 Å². The molecular formula is C29H27N6O5+. The highest BCUT2D eigenvalue weighted by Crippen LogP contribution is 2.48. The van der Waals surface area contributed by atoms with Crippen LogP contribution < -0.4 is 15.2 Å². The quantitative estimate of drug-likeness (QED) is 0.392. The number of anilines is 2. The van der Waals surface area contributed by atoms with E-state index in [9.17, 15) is 19.2 Å². The summed E-state index contributed by atoms with van der Waals surface area (Å²) in [5.74, 6) is -1.64. The second kappa shape index (κ2) is 9.11. The topological polar surface area (TPSA) is 126 Å². The van der Waals surface area contributed by atoms with Crippen molar-refractivity contribution in [3.63, 3.8) is 0 Å². The van der Waals surface area contributed by atoms with Crippen LogP contribution >= 0.6 is 0 Å². The van der Waals surface area contributed by atoms with E-state index < -0.39 is 40.6 Å². The summed E-state index contributed by atoms with van der Waals surface area (Å²) in [4.78, 5) is 61.1. The van der Waals surface area contributed by atoms with Gasteiger partial charge in [-0.1, -0.05) is 47.6 Å². The Morgan fingerprint density at radius 1 is 1.05 bits per heavy atom. The van der Waals surface area contributed by atoms with Crippen LogP contribution in [-0.2, 0) is 14.3 Å². The largest absolute Gasteiger partial charge is 0.462 e. The molecular weight excluding hydrogens is 512 g/mol. The number of carbonyl (C=O) groups excluding carboxylic acids is 4. The highest BCUT2D eigenvalue weighted by molar-refractivity contribution is 6.25. The Labute approximate surface area is 230 Å². The van der Waals surface area contributed by atoms with E-state index in [0.717, 1.165) is 15.7 Å². The average Bonchev–Trinajstić information content (AvgIpc) is 3.12. The highest BCUT2D eigenvalue weighted by atomic mass is 16.5.